The molecule has 1 aliphatic heterocycles. The van der Waals surface area contributed by atoms with Crippen molar-refractivity contribution in [3.63, 3.8) is 0 Å². The third kappa shape index (κ3) is 5.80. The van der Waals surface area contributed by atoms with Crippen LogP contribution >= 0.6 is 12.4 Å². The molecule has 9 heteroatoms. The first kappa shape index (κ1) is 26.3. The molecule has 0 unspecified atom stereocenters. The van der Waals surface area contributed by atoms with Gasteiger partial charge in [0, 0.05) is 42.0 Å². The van der Waals surface area contributed by atoms with E-state index in [0.717, 1.165) is 33.4 Å². The van der Waals surface area contributed by atoms with Crippen molar-refractivity contribution >= 4 is 34.9 Å². The summed E-state index contributed by atoms with van der Waals surface area (Å²) >= 11 is 0. The highest BCUT2D eigenvalue weighted by atomic mass is 35.5. The molecule has 1 saturated heterocycles. The Morgan fingerprint density at radius 1 is 0.946 bits per heavy atom. The highest BCUT2D eigenvalue weighted by molar-refractivity contribution is 6.00. The number of benzene rings is 3. The molecule has 1 amide bonds. The molecule has 0 aliphatic carbocycles. The highest BCUT2D eigenvalue weighted by Crippen LogP contribution is 2.32. The first-order valence-electron chi connectivity index (χ1n) is 11.9. The molecule has 37 heavy (non-hydrogen) atoms. The van der Waals surface area contributed by atoms with Crippen molar-refractivity contribution in [3.05, 3.63) is 84.4 Å². The van der Waals surface area contributed by atoms with Crippen LogP contribution in [0.2, 0.25) is 0 Å². The number of halogens is 3. The average Bonchev–Trinajstić information content (AvgIpc) is 2.89. The van der Waals surface area contributed by atoms with Gasteiger partial charge in [-0.1, -0.05) is 66.7 Å². The Balaban J connectivity index is 0.00000320. The lowest BCUT2D eigenvalue weighted by molar-refractivity contribution is -0.131. The zero-order valence-corrected chi connectivity index (χ0v) is 21.1. The van der Waals surface area contributed by atoms with Gasteiger partial charge in [-0.05, 0) is 24.6 Å². The molecule has 3 aromatic carbocycles. The Kier molecular flexibility index (Phi) is 8.18. The monoisotopic (exact) mass is 524 g/mol. The second kappa shape index (κ2) is 11.5. The number of rotatable bonds is 6. The van der Waals surface area contributed by atoms with Gasteiger partial charge in [-0.3, -0.25) is 4.79 Å². The molecule has 1 fully saturated rings. The van der Waals surface area contributed by atoms with Crippen LogP contribution in [0.5, 0.6) is 5.75 Å². The van der Waals surface area contributed by atoms with Gasteiger partial charge in [0.1, 0.15) is 11.4 Å². The van der Waals surface area contributed by atoms with Crippen molar-refractivity contribution in [3.8, 4) is 17.0 Å². The van der Waals surface area contributed by atoms with Gasteiger partial charge >= 0.3 is 6.61 Å². The number of ether oxygens (including phenoxy) is 1. The highest BCUT2D eigenvalue weighted by Gasteiger charge is 2.29. The molecule has 1 aliphatic rings. The quantitative estimate of drug-likeness (QED) is 0.328. The molecule has 0 radical (unpaired) electrons. The van der Waals surface area contributed by atoms with Crippen LogP contribution in [0.4, 0.5) is 14.6 Å². The number of hydrogen-bond donors (Lipinski definition) is 0. The first-order chi connectivity index (χ1) is 17.5. The van der Waals surface area contributed by atoms with E-state index < -0.39 is 6.61 Å². The number of aromatic nitrogens is 2. The van der Waals surface area contributed by atoms with Crippen molar-refractivity contribution in [2.75, 3.05) is 24.5 Å². The summed E-state index contributed by atoms with van der Waals surface area (Å²) in [5, 5.41) is 11.3. The SMILES string of the molecule is C[C@H]1CN(C(=O)Cc2ccc(OC(F)F)cc2)CCN1c1nnc(-c2ccccc2)c2ccccc12.Cl. The number of fused-ring (bicyclic) bond motifs is 1. The van der Waals surface area contributed by atoms with E-state index in [-0.39, 0.29) is 36.5 Å². The summed E-state index contributed by atoms with van der Waals surface area (Å²) in [5.41, 5.74) is 2.62. The van der Waals surface area contributed by atoms with E-state index in [9.17, 15) is 13.6 Å². The Bertz CT molecular complexity index is 1360. The summed E-state index contributed by atoms with van der Waals surface area (Å²) in [4.78, 5) is 17.0. The van der Waals surface area contributed by atoms with Crippen molar-refractivity contribution in [1.29, 1.82) is 0 Å². The molecule has 0 bridgehead atoms. The molecule has 192 valence electrons. The summed E-state index contributed by atoms with van der Waals surface area (Å²) in [7, 11) is 0. The van der Waals surface area contributed by atoms with Gasteiger partial charge in [-0.2, -0.15) is 8.78 Å². The van der Waals surface area contributed by atoms with Crippen LogP contribution in [0.25, 0.3) is 22.0 Å². The fourth-order valence-electron chi connectivity index (χ4n) is 4.69. The molecule has 4 aromatic rings. The first-order valence-corrected chi connectivity index (χ1v) is 11.9. The lowest BCUT2D eigenvalue weighted by Crippen LogP contribution is -2.54. The molecular weight excluding hydrogens is 498 g/mol. The topological polar surface area (TPSA) is 58.6 Å². The van der Waals surface area contributed by atoms with Crippen LogP contribution < -0.4 is 9.64 Å². The molecule has 6 nitrogen and oxygen atoms in total. The number of carbonyl (C=O) groups excluding carboxylic acids is 1. The molecule has 0 N–H and O–H groups in total. The smallest absolute Gasteiger partial charge is 0.387 e. The number of hydrogen-bond acceptors (Lipinski definition) is 5. The summed E-state index contributed by atoms with van der Waals surface area (Å²) in [6, 6.07) is 24.4. The van der Waals surface area contributed by atoms with Crippen LogP contribution in [0.1, 0.15) is 12.5 Å². The number of alkyl halides is 2. The van der Waals surface area contributed by atoms with Crippen molar-refractivity contribution < 1.29 is 18.3 Å². The minimum absolute atomic E-state index is 0. The molecule has 1 aromatic heterocycles. The van der Waals surface area contributed by atoms with E-state index in [2.05, 4.69) is 38.9 Å². The van der Waals surface area contributed by atoms with Crippen LogP contribution in [-0.2, 0) is 11.2 Å². The van der Waals surface area contributed by atoms with E-state index in [1.165, 1.54) is 12.1 Å². The zero-order valence-electron chi connectivity index (χ0n) is 20.3. The lowest BCUT2D eigenvalue weighted by Gasteiger charge is -2.40. The minimum atomic E-state index is -2.87. The van der Waals surface area contributed by atoms with Crippen LogP contribution in [-0.4, -0.2) is 53.3 Å². The maximum Gasteiger partial charge on any atom is 0.387 e. The predicted octanol–water partition coefficient (Wildman–Crippen LogP) is 5.60. The molecule has 0 saturated carbocycles. The largest absolute Gasteiger partial charge is 0.435 e. The third-order valence-electron chi connectivity index (χ3n) is 6.47. The predicted molar refractivity (Wildman–Crippen MR) is 142 cm³/mol. The molecular formula is C28H27ClF2N4O2. The van der Waals surface area contributed by atoms with Gasteiger partial charge < -0.3 is 14.5 Å². The maximum atomic E-state index is 13.0. The van der Waals surface area contributed by atoms with Gasteiger partial charge in [0.2, 0.25) is 5.91 Å². The van der Waals surface area contributed by atoms with E-state index in [0.29, 0.717) is 19.6 Å². The van der Waals surface area contributed by atoms with Crippen molar-refractivity contribution in [2.45, 2.75) is 26.0 Å². The second-order valence-corrected chi connectivity index (χ2v) is 8.87. The number of piperazine rings is 1. The Morgan fingerprint density at radius 3 is 2.30 bits per heavy atom. The van der Waals surface area contributed by atoms with Crippen molar-refractivity contribution in [1.82, 2.24) is 15.1 Å². The number of anilines is 1. The zero-order chi connectivity index (χ0) is 25.1. The van der Waals surface area contributed by atoms with Crippen LogP contribution in [0.15, 0.2) is 78.9 Å². The van der Waals surface area contributed by atoms with Gasteiger partial charge in [0.05, 0.1) is 6.42 Å². The van der Waals surface area contributed by atoms with E-state index >= 15 is 0 Å². The fourth-order valence-corrected chi connectivity index (χ4v) is 4.69. The molecule has 2 heterocycles. The molecule has 1 atom stereocenters. The number of nitrogens with zero attached hydrogens (tertiary/aromatic N) is 4. The van der Waals surface area contributed by atoms with Gasteiger partial charge in [-0.15, -0.1) is 22.6 Å². The van der Waals surface area contributed by atoms with Crippen LogP contribution in [0.3, 0.4) is 0 Å². The van der Waals surface area contributed by atoms with E-state index in [1.807, 2.05) is 47.4 Å². The number of amides is 1. The van der Waals surface area contributed by atoms with Crippen molar-refractivity contribution in [2.24, 2.45) is 0 Å². The van der Waals surface area contributed by atoms with Crippen LogP contribution in [0, 0.1) is 0 Å². The fraction of sp³-hybridized carbons (Fsp3) is 0.250. The Hall–Kier alpha value is -3.78. The molecule has 0 spiro atoms. The Morgan fingerprint density at radius 2 is 1.62 bits per heavy atom. The van der Waals surface area contributed by atoms with Gasteiger partial charge in [-0.25, -0.2) is 0 Å². The standard InChI is InChI=1S/C28H26F2N4O2.ClH/c1-19-18-33(25(35)17-20-11-13-22(14-12-20)36-28(29)30)15-16-34(19)27-24-10-6-5-9-23(24)26(31-32-27)21-7-3-2-4-8-21;/h2-14,19,28H,15-18H2,1H3;1H/t19-;/m0./s1. The molecule has 5 rings (SSSR count). The summed E-state index contributed by atoms with van der Waals surface area (Å²) in [6.07, 6.45) is 0.205. The summed E-state index contributed by atoms with van der Waals surface area (Å²) in [6.45, 7) is 0.967. The van der Waals surface area contributed by atoms with E-state index in [1.54, 1.807) is 12.1 Å². The van der Waals surface area contributed by atoms with Gasteiger partial charge in [0.15, 0.2) is 5.82 Å². The summed E-state index contributed by atoms with van der Waals surface area (Å²) in [5.74, 6) is 0.897. The average molecular weight is 525 g/mol. The third-order valence-corrected chi connectivity index (χ3v) is 6.47. The number of carbonyl (C=O) groups is 1. The second-order valence-electron chi connectivity index (χ2n) is 8.87. The maximum absolute atomic E-state index is 13.0. The normalized spacial score (nSPS) is 15.5. The lowest BCUT2D eigenvalue weighted by atomic mass is 10.0. The summed E-state index contributed by atoms with van der Waals surface area (Å²) < 4.78 is 29.1. The van der Waals surface area contributed by atoms with Gasteiger partial charge in [0.25, 0.3) is 0 Å². The van der Waals surface area contributed by atoms with E-state index in [4.69, 9.17) is 0 Å². The Labute approximate surface area is 220 Å². The minimum Gasteiger partial charge on any atom is -0.435 e.